The summed E-state index contributed by atoms with van der Waals surface area (Å²) in [6.07, 6.45) is 0.595. The Kier molecular flexibility index (Phi) is 9.61. The molecule has 8 heteroatoms. The van der Waals surface area contributed by atoms with Gasteiger partial charge in [0.1, 0.15) is 30.0 Å². The van der Waals surface area contributed by atoms with Gasteiger partial charge in [0.25, 0.3) is 0 Å². The van der Waals surface area contributed by atoms with Crippen LogP contribution in [0.5, 0.6) is 11.5 Å². The smallest absolute Gasteiger partial charge is 0.243 e. The van der Waals surface area contributed by atoms with Gasteiger partial charge in [-0.2, -0.15) is 0 Å². The van der Waals surface area contributed by atoms with Crippen molar-refractivity contribution in [2.45, 2.75) is 19.4 Å². The molecular weight excluding hydrogens is 399 g/mol. The summed E-state index contributed by atoms with van der Waals surface area (Å²) in [4.78, 5) is 17.8. The monoisotopic (exact) mass is 430 g/mol. The molecule has 0 fully saturated rings. The normalized spacial score (nSPS) is 12.1. The number of carbonyl (C=O) groups excluding carboxylic acids is 1. The Bertz CT molecular complexity index is 839. The first-order valence-electron chi connectivity index (χ1n) is 10.1. The third kappa shape index (κ3) is 8.94. The van der Waals surface area contributed by atoms with Gasteiger partial charge in [-0.15, -0.1) is 0 Å². The molecule has 168 valence electrons. The average Bonchev–Trinajstić information content (AvgIpc) is 2.77. The summed E-state index contributed by atoms with van der Waals surface area (Å²) in [5.41, 5.74) is 1.16. The Labute approximate surface area is 183 Å². The van der Waals surface area contributed by atoms with Crippen molar-refractivity contribution in [3.63, 3.8) is 0 Å². The van der Waals surface area contributed by atoms with Gasteiger partial charge in [-0.05, 0) is 55.3 Å². The second-order valence-electron chi connectivity index (χ2n) is 7.24. The van der Waals surface area contributed by atoms with E-state index in [9.17, 15) is 9.18 Å². The van der Waals surface area contributed by atoms with Crippen molar-refractivity contribution >= 4 is 11.9 Å². The molecule has 0 aliphatic carbocycles. The van der Waals surface area contributed by atoms with Crippen molar-refractivity contribution < 1.29 is 18.7 Å². The van der Waals surface area contributed by atoms with Crippen molar-refractivity contribution in [3.05, 3.63) is 59.9 Å². The molecule has 0 saturated carbocycles. The maximum atomic E-state index is 13.0. The van der Waals surface area contributed by atoms with Gasteiger partial charge in [0, 0.05) is 20.6 Å². The predicted octanol–water partition coefficient (Wildman–Crippen LogP) is 2.47. The maximum absolute atomic E-state index is 13.0. The summed E-state index contributed by atoms with van der Waals surface area (Å²) in [6, 6.07) is 13.8. The third-order valence-electron chi connectivity index (χ3n) is 4.44. The lowest BCUT2D eigenvalue weighted by molar-refractivity contribution is -0.127. The van der Waals surface area contributed by atoms with Crippen LogP contribution in [0.25, 0.3) is 0 Å². The topological polar surface area (TPSA) is 75.2 Å². The van der Waals surface area contributed by atoms with Crippen LogP contribution in [0.3, 0.4) is 0 Å². The zero-order chi connectivity index (χ0) is 22.6. The van der Waals surface area contributed by atoms with E-state index in [1.54, 1.807) is 33.3 Å². The van der Waals surface area contributed by atoms with Crippen LogP contribution >= 0.6 is 0 Å². The molecule has 0 saturated heterocycles. The van der Waals surface area contributed by atoms with E-state index < -0.39 is 0 Å². The second-order valence-corrected chi connectivity index (χ2v) is 7.24. The van der Waals surface area contributed by atoms with Gasteiger partial charge in [0.2, 0.25) is 5.91 Å². The quantitative estimate of drug-likeness (QED) is 0.447. The number of aliphatic imine (C=N–C) groups is 1. The molecule has 0 heterocycles. The average molecular weight is 431 g/mol. The fraction of sp³-hybridized carbons (Fsp3) is 0.391. The van der Waals surface area contributed by atoms with E-state index >= 15 is 0 Å². The summed E-state index contributed by atoms with van der Waals surface area (Å²) in [5.74, 6) is 1.53. The molecule has 2 rings (SSSR count). The molecule has 0 bridgehead atoms. The number of carbonyl (C=O) groups is 1. The SMILES string of the molecule is COc1ccc(CCNC(=NCC(=O)N(C)C)NCC(C)Oc2ccc(F)cc2)cc1. The largest absolute Gasteiger partial charge is 0.497 e. The van der Waals surface area contributed by atoms with Gasteiger partial charge in [-0.3, -0.25) is 4.79 Å². The first kappa shape index (κ1) is 24.0. The lowest BCUT2D eigenvalue weighted by Gasteiger charge is -2.18. The molecule has 0 aliphatic heterocycles. The number of guanidine groups is 1. The van der Waals surface area contributed by atoms with Crippen molar-refractivity contribution in [2.75, 3.05) is 40.8 Å². The molecule has 31 heavy (non-hydrogen) atoms. The highest BCUT2D eigenvalue weighted by Gasteiger charge is 2.08. The van der Waals surface area contributed by atoms with E-state index in [0.717, 1.165) is 17.7 Å². The lowest BCUT2D eigenvalue weighted by Crippen LogP contribution is -2.43. The van der Waals surface area contributed by atoms with Gasteiger partial charge in [0.05, 0.1) is 13.7 Å². The highest BCUT2D eigenvalue weighted by molar-refractivity contribution is 5.84. The number of hydrogen-bond acceptors (Lipinski definition) is 4. The van der Waals surface area contributed by atoms with E-state index in [4.69, 9.17) is 9.47 Å². The summed E-state index contributed by atoms with van der Waals surface area (Å²) in [5, 5.41) is 6.45. The minimum Gasteiger partial charge on any atom is -0.497 e. The third-order valence-corrected chi connectivity index (χ3v) is 4.44. The first-order valence-corrected chi connectivity index (χ1v) is 10.1. The summed E-state index contributed by atoms with van der Waals surface area (Å²) < 4.78 is 24.0. The van der Waals surface area contributed by atoms with Crippen LogP contribution < -0.4 is 20.1 Å². The Morgan fingerprint density at radius 1 is 1.06 bits per heavy atom. The molecule has 2 aromatic rings. The number of benzene rings is 2. The van der Waals surface area contributed by atoms with Crippen LogP contribution in [0.15, 0.2) is 53.5 Å². The van der Waals surface area contributed by atoms with E-state index in [-0.39, 0.29) is 24.4 Å². The number of hydrogen-bond donors (Lipinski definition) is 2. The molecule has 1 atom stereocenters. The Morgan fingerprint density at radius 2 is 1.71 bits per heavy atom. The number of nitrogens with one attached hydrogen (secondary N) is 2. The summed E-state index contributed by atoms with van der Waals surface area (Å²) >= 11 is 0. The van der Waals surface area contributed by atoms with Gasteiger partial charge in [-0.25, -0.2) is 9.38 Å². The zero-order valence-electron chi connectivity index (χ0n) is 18.5. The minimum absolute atomic E-state index is 0.0398. The number of likely N-dealkylation sites (N-methyl/N-ethyl adjacent to an activating group) is 1. The van der Waals surface area contributed by atoms with Crippen LogP contribution in [0.1, 0.15) is 12.5 Å². The lowest BCUT2D eigenvalue weighted by atomic mass is 10.1. The molecule has 0 radical (unpaired) electrons. The molecule has 2 aromatic carbocycles. The standard InChI is InChI=1S/C23H31FN4O3/c1-17(31-21-11-7-19(24)8-12-21)15-26-23(27-16-22(29)28(2)3)25-14-13-18-5-9-20(30-4)10-6-18/h5-12,17H,13-16H2,1-4H3,(H2,25,26,27). The van der Waals surface area contributed by atoms with E-state index in [2.05, 4.69) is 15.6 Å². The number of amides is 1. The van der Waals surface area contributed by atoms with Crippen molar-refractivity contribution in [1.29, 1.82) is 0 Å². The molecule has 0 aliphatic rings. The number of methoxy groups -OCH3 is 1. The van der Waals surface area contributed by atoms with Crippen LogP contribution in [-0.2, 0) is 11.2 Å². The van der Waals surface area contributed by atoms with Crippen molar-refractivity contribution in [2.24, 2.45) is 4.99 Å². The van der Waals surface area contributed by atoms with Crippen molar-refractivity contribution in [1.82, 2.24) is 15.5 Å². The van der Waals surface area contributed by atoms with E-state index in [1.165, 1.54) is 17.0 Å². The second kappa shape index (κ2) is 12.4. The molecule has 2 N–H and O–H groups in total. The van der Waals surface area contributed by atoms with Gasteiger partial charge in [-0.1, -0.05) is 12.1 Å². The molecule has 0 aromatic heterocycles. The Morgan fingerprint density at radius 3 is 2.32 bits per heavy atom. The first-order chi connectivity index (χ1) is 14.9. The zero-order valence-corrected chi connectivity index (χ0v) is 18.5. The van der Waals surface area contributed by atoms with Crippen LogP contribution in [0.2, 0.25) is 0 Å². The van der Waals surface area contributed by atoms with Crippen LogP contribution in [-0.4, -0.2) is 63.7 Å². The molecule has 1 unspecified atom stereocenters. The minimum atomic E-state index is -0.306. The van der Waals surface area contributed by atoms with Crippen LogP contribution in [0, 0.1) is 5.82 Å². The van der Waals surface area contributed by atoms with E-state index in [0.29, 0.717) is 24.8 Å². The summed E-state index contributed by atoms with van der Waals surface area (Å²) in [6.45, 7) is 3.04. The fourth-order valence-electron chi connectivity index (χ4n) is 2.61. The number of halogens is 1. The fourth-order valence-corrected chi connectivity index (χ4v) is 2.61. The van der Waals surface area contributed by atoms with Crippen LogP contribution in [0.4, 0.5) is 4.39 Å². The van der Waals surface area contributed by atoms with Gasteiger partial charge >= 0.3 is 0 Å². The number of nitrogens with zero attached hydrogens (tertiary/aromatic N) is 2. The molecular formula is C23H31FN4O3. The highest BCUT2D eigenvalue weighted by atomic mass is 19.1. The van der Waals surface area contributed by atoms with E-state index in [1.807, 2.05) is 31.2 Å². The predicted molar refractivity (Wildman–Crippen MR) is 120 cm³/mol. The van der Waals surface area contributed by atoms with Gasteiger partial charge < -0.3 is 25.0 Å². The van der Waals surface area contributed by atoms with Crippen molar-refractivity contribution in [3.8, 4) is 11.5 Å². The molecule has 1 amide bonds. The maximum Gasteiger partial charge on any atom is 0.243 e. The molecule has 7 nitrogen and oxygen atoms in total. The Balaban J connectivity index is 1.89. The molecule has 0 spiro atoms. The van der Waals surface area contributed by atoms with Gasteiger partial charge in [0.15, 0.2) is 5.96 Å². The number of ether oxygens (including phenoxy) is 2. The summed E-state index contributed by atoms with van der Waals surface area (Å²) in [7, 11) is 5.03. The number of rotatable bonds is 10. The highest BCUT2D eigenvalue weighted by Crippen LogP contribution is 2.13. The Hall–Kier alpha value is -3.29.